The van der Waals surface area contributed by atoms with Crippen molar-refractivity contribution in [1.82, 2.24) is 5.32 Å². The lowest BCUT2D eigenvalue weighted by Gasteiger charge is -2.22. The summed E-state index contributed by atoms with van der Waals surface area (Å²) < 4.78 is 5.00. The van der Waals surface area contributed by atoms with Gasteiger partial charge in [-0.05, 0) is 38.5 Å². The van der Waals surface area contributed by atoms with Crippen LogP contribution < -0.4 is 5.32 Å². The molecule has 122 valence electrons. The molecular weight excluding hydrogens is 292 g/mol. The summed E-state index contributed by atoms with van der Waals surface area (Å²) in [6.45, 7) is 4.89. The molecule has 0 saturated heterocycles. The van der Waals surface area contributed by atoms with E-state index < -0.39 is 28.8 Å². The van der Waals surface area contributed by atoms with Crippen molar-refractivity contribution < 1.29 is 24.7 Å². The standard InChI is InChI=1S/C14H20N2O6/c1-14(2,3)22-13(19)15-8-11(17)12(18)9-4-6-10(7-5-9)16(20)21/h4-7,11-12,17-18H,8H2,1-3H3,(H,15,19). The Morgan fingerprint density at radius 2 is 1.86 bits per heavy atom. The molecule has 0 spiro atoms. The maximum absolute atomic E-state index is 11.4. The quantitative estimate of drug-likeness (QED) is 0.559. The van der Waals surface area contributed by atoms with Gasteiger partial charge < -0.3 is 20.3 Å². The summed E-state index contributed by atoms with van der Waals surface area (Å²) in [6, 6.07) is 5.15. The number of rotatable bonds is 5. The summed E-state index contributed by atoms with van der Waals surface area (Å²) in [5, 5.41) is 32.7. The first-order chi connectivity index (χ1) is 10.1. The third kappa shape index (κ3) is 5.66. The summed E-state index contributed by atoms with van der Waals surface area (Å²) in [7, 11) is 0. The lowest BCUT2D eigenvalue weighted by atomic mass is 10.0. The zero-order chi connectivity index (χ0) is 16.9. The molecule has 0 aliphatic heterocycles. The van der Waals surface area contributed by atoms with Crippen molar-refractivity contribution in [3.05, 3.63) is 39.9 Å². The van der Waals surface area contributed by atoms with Gasteiger partial charge in [-0.3, -0.25) is 10.1 Å². The van der Waals surface area contributed by atoms with E-state index in [4.69, 9.17) is 4.74 Å². The van der Waals surface area contributed by atoms with E-state index in [-0.39, 0.29) is 12.2 Å². The highest BCUT2D eigenvalue weighted by atomic mass is 16.6. The number of non-ortho nitro benzene ring substituents is 1. The summed E-state index contributed by atoms with van der Waals surface area (Å²) in [5.41, 5.74) is -0.465. The Morgan fingerprint density at radius 1 is 1.32 bits per heavy atom. The number of nitro benzene ring substituents is 1. The second-order valence-corrected chi connectivity index (χ2v) is 5.74. The number of aliphatic hydroxyl groups excluding tert-OH is 2. The fourth-order valence-corrected chi connectivity index (χ4v) is 1.63. The van der Waals surface area contributed by atoms with Crippen molar-refractivity contribution in [1.29, 1.82) is 0 Å². The third-order valence-corrected chi connectivity index (χ3v) is 2.66. The molecule has 2 atom stereocenters. The van der Waals surface area contributed by atoms with E-state index in [2.05, 4.69) is 5.32 Å². The van der Waals surface area contributed by atoms with Gasteiger partial charge in [0.25, 0.3) is 5.69 Å². The van der Waals surface area contributed by atoms with Crippen LogP contribution in [0.2, 0.25) is 0 Å². The lowest BCUT2D eigenvalue weighted by molar-refractivity contribution is -0.384. The van der Waals surface area contributed by atoms with Crippen LogP contribution in [0.3, 0.4) is 0 Å². The number of carbonyl (C=O) groups is 1. The summed E-state index contributed by atoms with van der Waals surface area (Å²) in [5.74, 6) is 0. The number of aliphatic hydroxyl groups is 2. The van der Waals surface area contributed by atoms with Crippen LogP contribution in [0.25, 0.3) is 0 Å². The van der Waals surface area contributed by atoms with Gasteiger partial charge in [0.1, 0.15) is 17.8 Å². The fourth-order valence-electron chi connectivity index (χ4n) is 1.63. The molecule has 0 fully saturated rings. The van der Waals surface area contributed by atoms with E-state index >= 15 is 0 Å². The Bertz CT molecular complexity index is 523. The Kier molecular flexibility index (Phi) is 5.84. The highest BCUT2D eigenvalue weighted by Crippen LogP contribution is 2.20. The predicted octanol–water partition coefficient (Wildman–Crippen LogP) is 1.51. The number of carbonyl (C=O) groups excluding carboxylic acids is 1. The molecule has 0 heterocycles. The van der Waals surface area contributed by atoms with Gasteiger partial charge in [0, 0.05) is 18.7 Å². The molecular formula is C14H20N2O6. The van der Waals surface area contributed by atoms with E-state index in [1.54, 1.807) is 20.8 Å². The normalized spacial score (nSPS) is 14.0. The Morgan fingerprint density at radius 3 is 2.32 bits per heavy atom. The molecule has 0 aliphatic carbocycles. The van der Waals surface area contributed by atoms with Gasteiger partial charge in [-0.2, -0.15) is 0 Å². The first kappa shape index (κ1) is 17.9. The van der Waals surface area contributed by atoms with E-state index in [0.717, 1.165) is 0 Å². The molecule has 0 aromatic heterocycles. The van der Waals surface area contributed by atoms with Crippen LogP contribution in [0.5, 0.6) is 0 Å². The van der Waals surface area contributed by atoms with Crippen molar-refractivity contribution in [3.8, 4) is 0 Å². The van der Waals surface area contributed by atoms with Gasteiger partial charge in [-0.1, -0.05) is 0 Å². The number of hydrogen-bond donors (Lipinski definition) is 3. The first-order valence-electron chi connectivity index (χ1n) is 6.67. The van der Waals surface area contributed by atoms with E-state index in [9.17, 15) is 25.1 Å². The Labute approximate surface area is 127 Å². The van der Waals surface area contributed by atoms with Crippen molar-refractivity contribution in [2.24, 2.45) is 0 Å². The zero-order valence-electron chi connectivity index (χ0n) is 12.6. The average molecular weight is 312 g/mol. The molecule has 3 N–H and O–H groups in total. The number of alkyl carbamates (subject to hydrolysis) is 1. The highest BCUT2D eigenvalue weighted by molar-refractivity contribution is 5.67. The molecule has 8 nitrogen and oxygen atoms in total. The highest BCUT2D eigenvalue weighted by Gasteiger charge is 2.22. The second-order valence-electron chi connectivity index (χ2n) is 5.74. The van der Waals surface area contributed by atoms with Crippen molar-refractivity contribution >= 4 is 11.8 Å². The maximum atomic E-state index is 11.4. The van der Waals surface area contributed by atoms with Crippen LogP contribution in [-0.2, 0) is 4.74 Å². The average Bonchev–Trinajstić information content (AvgIpc) is 2.42. The topological polar surface area (TPSA) is 122 Å². The molecule has 1 aromatic rings. The molecule has 0 saturated carbocycles. The van der Waals surface area contributed by atoms with Gasteiger partial charge >= 0.3 is 6.09 Å². The third-order valence-electron chi connectivity index (χ3n) is 2.66. The van der Waals surface area contributed by atoms with Crippen molar-refractivity contribution in [2.75, 3.05) is 6.54 Å². The maximum Gasteiger partial charge on any atom is 0.407 e. The fraction of sp³-hybridized carbons (Fsp3) is 0.500. The molecule has 0 radical (unpaired) electrons. The van der Waals surface area contributed by atoms with Gasteiger partial charge in [0.05, 0.1) is 4.92 Å². The number of ether oxygens (including phenoxy) is 1. The molecule has 1 rings (SSSR count). The molecule has 1 aromatic carbocycles. The van der Waals surface area contributed by atoms with Crippen molar-refractivity contribution in [2.45, 2.75) is 38.6 Å². The Balaban J connectivity index is 2.56. The molecule has 0 bridgehead atoms. The number of nitrogens with zero attached hydrogens (tertiary/aromatic N) is 1. The van der Waals surface area contributed by atoms with Crippen LogP contribution in [0, 0.1) is 10.1 Å². The first-order valence-corrected chi connectivity index (χ1v) is 6.67. The lowest BCUT2D eigenvalue weighted by Crippen LogP contribution is -2.38. The summed E-state index contributed by atoms with van der Waals surface area (Å²) in [4.78, 5) is 21.4. The van der Waals surface area contributed by atoms with Gasteiger partial charge in [-0.25, -0.2) is 4.79 Å². The minimum atomic E-state index is -1.28. The zero-order valence-corrected chi connectivity index (χ0v) is 12.6. The molecule has 1 amide bonds. The van der Waals surface area contributed by atoms with Gasteiger partial charge in [0.15, 0.2) is 0 Å². The largest absolute Gasteiger partial charge is 0.444 e. The van der Waals surface area contributed by atoms with E-state index in [0.29, 0.717) is 5.56 Å². The number of benzene rings is 1. The number of nitro groups is 1. The van der Waals surface area contributed by atoms with Crippen LogP contribution in [0.1, 0.15) is 32.4 Å². The SMILES string of the molecule is CC(C)(C)OC(=O)NCC(O)C(O)c1ccc([N+](=O)[O-])cc1. The van der Waals surface area contributed by atoms with Crippen LogP contribution in [0.4, 0.5) is 10.5 Å². The minimum absolute atomic E-state index is 0.114. The summed E-state index contributed by atoms with van der Waals surface area (Å²) >= 11 is 0. The monoisotopic (exact) mass is 312 g/mol. The van der Waals surface area contributed by atoms with Gasteiger partial charge in [-0.15, -0.1) is 0 Å². The molecule has 0 aliphatic rings. The summed E-state index contributed by atoms with van der Waals surface area (Å²) in [6.07, 6.45) is -3.26. The number of hydrogen-bond acceptors (Lipinski definition) is 6. The van der Waals surface area contributed by atoms with Gasteiger partial charge in [0.2, 0.25) is 0 Å². The van der Waals surface area contributed by atoms with Crippen LogP contribution >= 0.6 is 0 Å². The Hall–Kier alpha value is -2.19. The molecule has 22 heavy (non-hydrogen) atoms. The van der Waals surface area contributed by atoms with E-state index in [1.165, 1.54) is 24.3 Å². The number of nitrogens with one attached hydrogen (secondary N) is 1. The van der Waals surface area contributed by atoms with Crippen LogP contribution in [-0.4, -0.2) is 39.5 Å². The second kappa shape index (κ2) is 7.19. The minimum Gasteiger partial charge on any atom is -0.444 e. The van der Waals surface area contributed by atoms with E-state index in [1.807, 2.05) is 0 Å². The molecule has 2 unspecified atom stereocenters. The van der Waals surface area contributed by atoms with Crippen LogP contribution in [0.15, 0.2) is 24.3 Å². The smallest absolute Gasteiger partial charge is 0.407 e. The molecule has 8 heteroatoms. The van der Waals surface area contributed by atoms with Crippen molar-refractivity contribution in [3.63, 3.8) is 0 Å². The predicted molar refractivity (Wildman–Crippen MR) is 78.3 cm³/mol. The number of amides is 1.